The number of anilines is 1. The zero-order valence-corrected chi connectivity index (χ0v) is 22.8. The molecule has 0 aliphatic carbocycles. The zero-order chi connectivity index (χ0) is 27.8. The lowest BCUT2D eigenvalue weighted by molar-refractivity contribution is 0.0329. The van der Waals surface area contributed by atoms with Gasteiger partial charge in [-0.2, -0.15) is 5.10 Å². The molecular weight excluding hydrogens is 508 g/mol. The van der Waals surface area contributed by atoms with Crippen molar-refractivity contribution in [3.8, 4) is 11.4 Å². The molecule has 2 saturated heterocycles. The maximum atomic E-state index is 13.9. The van der Waals surface area contributed by atoms with E-state index in [1.807, 2.05) is 17.0 Å². The number of nitrogens with zero attached hydrogens (tertiary/aromatic N) is 5. The summed E-state index contributed by atoms with van der Waals surface area (Å²) in [4.78, 5) is 32.7. The number of carbonyl (C=O) groups is 2. The Balaban J connectivity index is 1.20. The summed E-state index contributed by atoms with van der Waals surface area (Å²) in [6, 6.07) is 15.8. The van der Waals surface area contributed by atoms with Crippen LogP contribution < -0.4 is 15.4 Å². The van der Waals surface area contributed by atoms with Crippen LogP contribution in [0, 0.1) is 0 Å². The number of amides is 2. The number of piperidine rings is 1. The minimum absolute atomic E-state index is 0.0979. The fraction of sp³-hybridized carbons (Fsp3) is 0.433. The number of primary amides is 1. The van der Waals surface area contributed by atoms with Crippen LogP contribution in [-0.4, -0.2) is 82.1 Å². The molecule has 1 aromatic heterocycles. The Morgan fingerprint density at radius 2 is 1.80 bits per heavy atom. The van der Waals surface area contributed by atoms with Crippen molar-refractivity contribution in [3.05, 3.63) is 71.0 Å². The first-order valence-electron chi connectivity index (χ1n) is 14.1. The molecular formula is C30H36N6O4. The Morgan fingerprint density at radius 1 is 1.05 bits per heavy atom. The van der Waals surface area contributed by atoms with E-state index in [0.29, 0.717) is 35.7 Å². The first-order chi connectivity index (χ1) is 19.4. The van der Waals surface area contributed by atoms with E-state index in [2.05, 4.69) is 39.2 Å². The van der Waals surface area contributed by atoms with E-state index in [-0.39, 0.29) is 23.9 Å². The lowest BCUT2D eigenvalue weighted by Crippen LogP contribution is -2.50. The Labute approximate surface area is 233 Å². The smallest absolute Gasteiger partial charge is 0.273 e. The summed E-state index contributed by atoms with van der Waals surface area (Å²) >= 11 is 0. The second kappa shape index (κ2) is 10.9. The maximum Gasteiger partial charge on any atom is 0.273 e. The molecule has 0 saturated carbocycles. The van der Waals surface area contributed by atoms with Crippen LogP contribution in [-0.2, 0) is 13.0 Å². The molecule has 2 amide bonds. The largest absolute Gasteiger partial charge is 0.497 e. The van der Waals surface area contributed by atoms with Crippen LogP contribution in [0.15, 0.2) is 48.5 Å². The first-order valence-corrected chi connectivity index (χ1v) is 14.1. The van der Waals surface area contributed by atoms with E-state index in [1.165, 1.54) is 11.3 Å². The number of likely N-dealkylation sites (tertiary alicyclic amines) is 1. The quantitative estimate of drug-likeness (QED) is 0.470. The molecule has 3 aromatic rings. The van der Waals surface area contributed by atoms with Gasteiger partial charge < -0.3 is 25.4 Å². The van der Waals surface area contributed by atoms with E-state index < -0.39 is 5.91 Å². The highest BCUT2D eigenvalue weighted by Gasteiger charge is 2.38. The number of rotatable bonds is 7. The third kappa shape index (κ3) is 4.82. The molecule has 3 N–H and O–H groups in total. The lowest BCUT2D eigenvalue weighted by atomic mass is 9.96. The van der Waals surface area contributed by atoms with Crippen molar-refractivity contribution in [2.45, 2.75) is 50.9 Å². The molecule has 0 spiro atoms. The van der Waals surface area contributed by atoms with Crippen LogP contribution in [0.25, 0.3) is 5.69 Å². The summed E-state index contributed by atoms with van der Waals surface area (Å²) in [5, 5.41) is 14.8. The number of aliphatic hydroxyl groups is 1. The molecule has 4 heterocycles. The van der Waals surface area contributed by atoms with Gasteiger partial charge in [-0.05, 0) is 68.0 Å². The summed E-state index contributed by atoms with van der Waals surface area (Å²) in [7, 11) is 1.60. The monoisotopic (exact) mass is 544 g/mol. The van der Waals surface area contributed by atoms with Crippen LogP contribution in [0.3, 0.4) is 0 Å². The predicted molar refractivity (Wildman–Crippen MR) is 151 cm³/mol. The third-order valence-electron chi connectivity index (χ3n) is 8.54. The number of hydrogen-bond donors (Lipinski definition) is 2. The SMILES string of the molecule is COc1ccc(-n2nc(C(N)=O)c3c2C(=O)N(C2CCN(c4ccccc4CN4CCC[C@@H]4O)CC2)CC3)cc1. The highest BCUT2D eigenvalue weighted by atomic mass is 16.5. The molecule has 1 atom stereocenters. The third-order valence-corrected chi connectivity index (χ3v) is 8.54. The highest BCUT2D eigenvalue weighted by Crippen LogP contribution is 2.32. The average molecular weight is 545 g/mol. The molecule has 0 bridgehead atoms. The molecule has 6 rings (SSSR count). The predicted octanol–water partition coefficient (Wildman–Crippen LogP) is 2.56. The van der Waals surface area contributed by atoms with Gasteiger partial charge in [-0.15, -0.1) is 0 Å². The first kappa shape index (κ1) is 26.3. The molecule has 3 aliphatic rings. The minimum Gasteiger partial charge on any atom is -0.497 e. The van der Waals surface area contributed by atoms with Crippen molar-refractivity contribution >= 4 is 17.5 Å². The van der Waals surface area contributed by atoms with Gasteiger partial charge in [0, 0.05) is 50.0 Å². The number of aromatic nitrogens is 2. The lowest BCUT2D eigenvalue weighted by Gasteiger charge is -2.41. The number of carbonyl (C=O) groups excluding carboxylic acids is 2. The molecule has 2 fully saturated rings. The summed E-state index contributed by atoms with van der Waals surface area (Å²) in [5.74, 6) is -0.0464. The number of aliphatic hydroxyl groups excluding tert-OH is 1. The van der Waals surface area contributed by atoms with E-state index in [0.717, 1.165) is 51.9 Å². The van der Waals surface area contributed by atoms with Crippen molar-refractivity contribution in [1.82, 2.24) is 19.6 Å². The van der Waals surface area contributed by atoms with Crippen molar-refractivity contribution in [1.29, 1.82) is 0 Å². The Morgan fingerprint density at radius 3 is 2.48 bits per heavy atom. The summed E-state index contributed by atoms with van der Waals surface area (Å²) < 4.78 is 6.82. The Kier molecular flexibility index (Phi) is 7.20. The van der Waals surface area contributed by atoms with Gasteiger partial charge in [0.25, 0.3) is 11.8 Å². The van der Waals surface area contributed by atoms with Gasteiger partial charge in [-0.3, -0.25) is 14.5 Å². The second-order valence-corrected chi connectivity index (χ2v) is 10.8. The topological polar surface area (TPSA) is 117 Å². The summed E-state index contributed by atoms with van der Waals surface area (Å²) in [6.45, 7) is 3.87. The molecule has 0 unspecified atom stereocenters. The number of benzene rings is 2. The zero-order valence-electron chi connectivity index (χ0n) is 22.8. The van der Waals surface area contributed by atoms with E-state index in [1.54, 1.807) is 23.9 Å². The van der Waals surface area contributed by atoms with Crippen LogP contribution >= 0.6 is 0 Å². The van der Waals surface area contributed by atoms with Crippen molar-refractivity contribution < 1.29 is 19.4 Å². The van der Waals surface area contributed by atoms with Gasteiger partial charge in [-0.1, -0.05) is 18.2 Å². The van der Waals surface area contributed by atoms with Gasteiger partial charge >= 0.3 is 0 Å². The maximum absolute atomic E-state index is 13.9. The van der Waals surface area contributed by atoms with Crippen molar-refractivity contribution in [2.24, 2.45) is 5.73 Å². The van der Waals surface area contributed by atoms with Gasteiger partial charge in [0.2, 0.25) is 0 Å². The molecule has 0 radical (unpaired) electrons. The number of ether oxygens (including phenoxy) is 1. The minimum atomic E-state index is -0.627. The summed E-state index contributed by atoms with van der Waals surface area (Å²) in [6.07, 6.45) is 3.73. The second-order valence-electron chi connectivity index (χ2n) is 10.8. The fourth-order valence-electron chi connectivity index (χ4n) is 6.42. The van der Waals surface area contributed by atoms with Gasteiger partial charge in [0.05, 0.1) is 12.8 Å². The highest BCUT2D eigenvalue weighted by molar-refractivity contribution is 6.01. The summed E-state index contributed by atoms with van der Waals surface area (Å²) in [5.41, 5.74) is 9.97. The number of nitrogens with two attached hydrogens (primary N) is 1. The van der Waals surface area contributed by atoms with Gasteiger partial charge in [0.15, 0.2) is 5.69 Å². The van der Waals surface area contributed by atoms with Crippen molar-refractivity contribution in [3.63, 3.8) is 0 Å². The van der Waals surface area contributed by atoms with E-state index in [4.69, 9.17) is 10.5 Å². The van der Waals surface area contributed by atoms with Crippen LogP contribution in [0.4, 0.5) is 5.69 Å². The number of methoxy groups -OCH3 is 1. The fourth-order valence-corrected chi connectivity index (χ4v) is 6.42. The molecule has 2 aromatic carbocycles. The van der Waals surface area contributed by atoms with E-state index in [9.17, 15) is 14.7 Å². The molecule has 10 nitrogen and oxygen atoms in total. The normalized spacial score (nSPS) is 20.1. The number of para-hydroxylation sites is 1. The average Bonchev–Trinajstić information content (AvgIpc) is 3.58. The van der Waals surface area contributed by atoms with Crippen LogP contribution in [0.5, 0.6) is 5.75 Å². The van der Waals surface area contributed by atoms with Crippen LogP contribution in [0.1, 0.15) is 57.8 Å². The van der Waals surface area contributed by atoms with Gasteiger partial charge in [0.1, 0.15) is 17.7 Å². The van der Waals surface area contributed by atoms with Crippen molar-refractivity contribution in [2.75, 3.05) is 38.2 Å². The molecule has 10 heteroatoms. The molecule has 40 heavy (non-hydrogen) atoms. The molecule has 3 aliphatic heterocycles. The Hall–Kier alpha value is -3.89. The Bertz CT molecular complexity index is 1400. The van der Waals surface area contributed by atoms with Crippen LogP contribution in [0.2, 0.25) is 0 Å². The number of hydrogen-bond acceptors (Lipinski definition) is 7. The number of fused-ring (bicyclic) bond motifs is 1. The van der Waals surface area contributed by atoms with Gasteiger partial charge in [-0.25, -0.2) is 4.68 Å². The standard InChI is InChI=1S/C30H36N6O4/c1-40-23-10-8-22(9-11-23)36-28-24(27(32-36)29(31)38)14-18-35(30(28)39)21-12-16-33(17-13-21)25-6-3-2-5-20(25)19-34-15-4-7-26(34)37/h2-3,5-6,8-11,21,26,37H,4,7,12-19H2,1H3,(H2,31,38)/t26-/m0/s1. The molecule has 210 valence electrons. The van der Waals surface area contributed by atoms with E-state index >= 15 is 0 Å².